The first-order valence-corrected chi connectivity index (χ1v) is 6.00. The Balaban J connectivity index is 2.61. The highest BCUT2D eigenvalue weighted by molar-refractivity contribution is 9.10. The summed E-state index contributed by atoms with van der Waals surface area (Å²) in [6.07, 6.45) is 0.530. The smallest absolute Gasteiger partial charge is 0.134 e. The van der Waals surface area contributed by atoms with Gasteiger partial charge >= 0.3 is 0 Å². The number of carbonyl (C=O) groups is 1. The van der Waals surface area contributed by atoms with Crippen LogP contribution in [0.2, 0.25) is 0 Å². The SMILES string of the molecule is CC(=O)Cc1csc2cccc(Br)c12. The molecular weight excluding hydrogens is 260 g/mol. The lowest BCUT2D eigenvalue weighted by molar-refractivity contribution is -0.116. The van der Waals surface area contributed by atoms with Crippen LogP contribution in [0, 0.1) is 0 Å². The van der Waals surface area contributed by atoms with Crippen molar-refractivity contribution in [3.05, 3.63) is 33.6 Å². The van der Waals surface area contributed by atoms with Crippen LogP contribution in [-0.2, 0) is 11.2 Å². The van der Waals surface area contributed by atoms with Crippen molar-refractivity contribution in [2.75, 3.05) is 0 Å². The minimum absolute atomic E-state index is 0.209. The van der Waals surface area contributed by atoms with Crippen molar-refractivity contribution in [1.29, 1.82) is 0 Å². The molecule has 0 aliphatic heterocycles. The Kier molecular flexibility index (Phi) is 2.70. The third-order valence-corrected chi connectivity index (χ3v) is 3.72. The summed E-state index contributed by atoms with van der Waals surface area (Å²) in [5.74, 6) is 0.209. The second-order valence-electron chi connectivity index (χ2n) is 3.25. The zero-order chi connectivity index (χ0) is 10.1. The normalized spacial score (nSPS) is 10.7. The Hall–Kier alpha value is -0.670. The summed E-state index contributed by atoms with van der Waals surface area (Å²) in [7, 11) is 0. The van der Waals surface area contributed by atoms with Crippen LogP contribution in [-0.4, -0.2) is 5.78 Å². The van der Waals surface area contributed by atoms with E-state index in [9.17, 15) is 4.79 Å². The van der Waals surface area contributed by atoms with Crippen molar-refractivity contribution in [2.45, 2.75) is 13.3 Å². The van der Waals surface area contributed by atoms with E-state index in [1.165, 1.54) is 10.1 Å². The second kappa shape index (κ2) is 3.83. The molecule has 0 spiro atoms. The minimum Gasteiger partial charge on any atom is -0.300 e. The second-order valence-corrected chi connectivity index (χ2v) is 5.02. The number of carbonyl (C=O) groups excluding carboxylic acids is 1. The van der Waals surface area contributed by atoms with Gasteiger partial charge in [0.1, 0.15) is 5.78 Å². The average Bonchev–Trinajstić information content (AvgIpc) is 2.49. The summed E-state index contributed by atoms with van der Waals surface area (Å²) < 4.78 is 2.31. The van der Waals surface area contributed by atoms with Crippen molar-refractivity contribution in [2.24, 2.45) is 0 Å². The van der Waals surface area contributed by atoms with Crippen molar-refractivity contribution in [3.63, 3.8) is 0 Å². The Bertz CT molecular complexity index is 487. The lowest BCUT2D eigenvalue weighted by atomic mass is 10.1. The third kappa shape index (κ3) is 1.74. The molecule has 0 fully saturated rings. The fourth-order valence-electron chi connectivity index (χ4n) is 1.51. The number of Topliss-reactive ketones (excluding diaryl/α,β-unsaturated/α-hetero) is 1. The van der Waals surface area contributed by atoms with Gasteiger partial charge in [-0.25, -0.2) is 0 Å². The number of rotatable bonds is 2. The molecule has 0 aliphatic carbocycles. The number of halogens is 1. The standard InChI is InChI=1S/C11H9BrOS/c1-7(13)5-8-6-14-10-4-2-3-9(12)11(8)10/h2-4,6H,5H2,1H3. The van der Waals surface area contributed by atoms with E-state index in [2.05, 4.69) is 27.4 Å². The molecule has 0 N–H and O–H groups in total. The molecule has 0 atom stereocenters. The Morgan fingerprint density at radius 2 is 2.29 bits per heavy atom. The molecule has 0 radical (unpaired) electrons. The highest BCUT2D eigenvalue weighted by Gasteiger charge is 2.08. The van der Waals surface area contributed by atoms with Crippen molar-refractivity contribution in [1.82, 2.24) is 0 Å². The molecule has 14 heavy (non-hydrogen) atoms. The molecule has 1 heterocycles. The Morgan fingerprint density at radius 1 is 1.50 bits per heavy atom. The highest BCUT2D eigenvalue weighted by Crippen LogP contribution is 2.32. The number of hydrogen-bond donors (Lipinski definition) is 0. The van der Waals surface area contributed by atoms with Crippen molar-refractivity contribution < 1.29 is 4.79 Å². The van der Waals surface area contributed by atoms with Gasteiger partial charge < -0.3 is 0 Å². The van der Waals surface area contributed by atoms with Gasteiger partial charge in [-0.15, -0.1) is 11.3 Å². The third-order valence-electron chi connectivity index (χ3n) is 2.06. The number of hydrogen-bond acceptors (Lipinski definition) is 2. The van der Waals surface area contributed by atoms with Gasteiger partial charge in [-0.05, 0) is 30.0 Å². The predicted molar refractivity (Wildman–Crippen MR) is 63.9 cm³/mol. The number of fused-ring (bicyclic) bond motifs is 1. The number of thiophene rings is 1. The lowest BCUT2D eigenvalue weighted by Crippen LogP contribution is -1.94. The van der Waals surface area contributed by atoms with E-state index in [1.807, 2.05) is 12.1 Å². The summed E-state index contributed by atoms with van der Waals surface area (Å²) in [5, 5.41) is 3.25. The molecule has 0 amide bonds. The summed E-state index contributed by atoms with van der Waals surface area (Å²) in [4.78, 5) is 11.1. The van der Waals surface area contributed by atoms with Crippen LogP contribution in [0.4, 0.5) is 0 Å². The Labute approximate surface area is 94.9 Å². The van der Waals surface area contributed by atoms with Gasteiger partial charge in [-0.1, -0.05) is 22.0 Å². The van der Waals surface area contributed by atoms with Crippen LogP contribution in [0.25, 0.3) is 10.1 Å². The zero-order valence-electron chi connectivity index (χ0n) is 7.71. The highest BCUT2D eigenvalue weighted by atomic mass is 79.9. The molecule has 1 aromatic carbocycles. The molecule has 1 nitrogen and oxygen atoms in total. The van der Waals surface area contributed by atoms with Gasteiger partial charge in [0, 0.05) is 21.0 Å². The first-order chi connectivity index (χ1) is 6.68. The van der Waals surface area contributed by atoms with E-state index >= 15 is 0 Å². The van der Waals surface area contributed by atoms with Crippen molar-refractivity contribution in [3.8, 4) is 0 Å². The maximum Gasteiger partial charge on any atom is 0.134 e. The summed E-state index contributed by atoms with van der Waals surface area (Å²) >= 11 is 5.20. The van der Waals surface area contributed by atoms with E-state index in [0.29, 0.717) is 6.42 Å². The minimum atomic E-state index is 0.209. The maximum absolute atomic E-state index is 11.1. The molecule has 0 saturated heterocycles. The lowest BCUT2D eigenvalue weighted by Gasteiger charge is -1.98. The maximum atomic E-state index is 11.1. The monoisotopic (exact) mass is 268 g/mol. The van der Waals surface area contributed by atoms with Gasteiger partial charge in [-0.2, -0.15) is 0 Å². The van der Waals surface area contributed by atoms with Gasteiger partial charge in [-0.3, -0.25) is 4.79 Å². The molecule has 0 aliphatic rings. The van der Waals surface area contributed by atoms with E-state index in [1.54, 1.807) is 18.3 Å². The topological polar surface area (TPSA) is 17.1 Å². The van der Waals surface area contributed by atoms with Crippen LogP contribution >= 0.6 is 27.3 Å². The fraction of sp³-hybridized carbons (Fsp3) is 0.182. The molecule has 2 aromatic rings. The summed E-state index contributed by atoms with van der Waals surface area (Å²) in [5.41, 5.74) is 1.13. The van der Waals surface area contributed by atoms with E-state index < -0.39 is 0 Å². The summed E-state index contributed by atoms with van der Waals surface area (Å²) in [6, 6.07) is 6.10. The first-order valence-electron chi connectivity index (χ1n) is 4.32. The molecule has 0 bridgehead atoms. The average molecular weight is 269 g/mol. The van der Waals surface area contributed by atoms with Crippen molar-refractivity contribution >= 4 is 43.1 Å². The molecule has 72 valence electrons. The van der Waals surface area contributed by atoms with Crippen LogP contribution in [0.1, 0.15) is 12.5 Å². The molecule has 2 rings (SSSR count). The number of ketones is 1. The van der Waals surface area contributed by atoms with Crippen LogP contribution in [0.15, 0.2) is 28.1 Å². The van der Waals surface area contributed by atoms with Crippen LogP contribution in [0.5, 0.6) is 0 Å². The van der Waals surface area contributed by atoms with Gasteiger partial charge in [0.05, 0.1) is 0 Å². The van der Waals surface area contributed by atoms with Gasteiger partial charge in [0.15, 0.2) is 0 Å². The van der Waals surface area contributed by atoms with E-state index in [0.717, 1.165) is 10.0 Å². The molecule has 3 heteroatoms. The number of benzene rings is 1. The molecule has 1 aromatic heterocycles. The predicted octanol–water partition coefficient (Wildman–Crippen LogP) is 3.80. The summed E-state index contributed by atoms with van der Waals surface area (Å²) in [6.45, 7) is 1.63. The van der Waals surface area contributed by atoms with Gasteiger partial charge in [0.2, 0.25) is 0 Å². The van der Waals surface area contributed by atoms with Crippen LogP contribution in [0.3, 0.4) is 0 Å². The Morgan fingerprint density at radius 3 is 3.00 bits per heavy atom. The van der Waals surface area contributed by atoms with E-state index in [-0.39, 0.29) is 5.78 Å². The van der Waals surface area contributed by atoms with Crippen LogP contribution < -0.4 is 0 Å². The zero-order valence-corrected chi connectivity index (χ0v) is 10.1. The fourth-order valence-corrected chi connectivity index (χ4v) is 3.24. The molecule has 0 saturated carbocycles. The largest absolute Gasteiger partial charge is 0.300 e. The quantitative estimate of drug-likeness (QED) is 0.810. The molecule has 0 unspecified atom stereocenters. The van der Waals surface area contributed by atoms with E-state index in [4.69, 9.17) is 0 Å². The molecular formula is C11H9BrOS. The van der Waals surface area contributed by atoms with Gasteiger partial charge in [0.25, 0.3) is 0 Å². The first kappa shape index (κ1) is 9.87.